The van der Waals surface area contributed by atoms with Gasteiger partial charge >= 0.3 is 6.09 Å². The second-order valence-electron chi connectivity index (χ2n) is 5.66. The van der Waals surface area contributed by atoms with Gasteiger partial charge in [0.15, 0.2) is 0 Å². The monoisotopic (exact) mass is 357 g/mol. The van der Waals surface area contributed by atoms with Crippen LogP contribution in [0.1, 0.15) is 22.6 Å². The zero-order valence-corrected chi connectivity index (χ0v) is 14.1. The van der Waals surface area contributed by atoms with Crippen molar-refractivity contribution in [3.05, 3.63) is 51.9 Å². The van der Waals surface area contributed by atoms with Crippen molar-refractivity contribution in [2.75, 3.05) is 18.4 Å². The standard InChI is InChI=1S/C17H16ClN5O2/c18-13-4-2-1-3-11(13)5-7-20-16-12-10-23(17(24)25)8-6-14(12)21-15(9-19)22-16/h1-4H,5-8,10H2,(H,24,25)(H,20,21,22). The molecule has 3 rings (SSSR count). The highest BCUT2D eigenvalue weighted by Crippen LogP contribution is 2.24. The number of fused-ring (bicyclic) bond motifs is 1. The Morgan fingerprint density at radius 3 is 2.92 bits per heavy atom. The molecule has 128 valence electrons. The van der Waals surface area contributed by atoms with E-state index in [-0.39, 0.29) is 12.4 Å². The van der Waals surface area contributed by atoms with Crippen LogP contribution < -0.4 is 5.32 Å². The average molecular weight is 358 g/mol. The fourth-order valence-electron chi connectivity index (χ4n) is 2.79. The first-order chi connectivity index (χ1) is 12.1. The fourth-order valence-corrected chi connectivity index (χ4v) is 3.02. The van der Waals surface area contributed by atoms with Crippen molar-refractivity contribution in [2.45, 2.75) is 19.4 Å². The Balaban J connectivity index is 1.79. The molecule has 1 aliphatic rings. The first kappa shape index (κ1) is 17.0. The summed E-state index contributed by atoms with van der Waals surface area (Å²) in [7, 11) is 0. The van der Waals surface area contributed by atoms with Crippen LogP contribution in [0.15, 0.2) is 24.3 Å². The summed E-state index contributed by atoms with van der Waals surface area (Å²) in [6, 6.07) is 9.54. The van der Waals surface area contributed by atoms with E-state index in [4.69, 9.17) is 16.9 Å². The molecule has 1 aliphatic heterocycles. The Morgan fingerprint density at radius 1 is 1.40 bits per heavy atom. The molecule has 0 radical (unpaired) electrons. The second-order valence-corrected chi connectivity index (χ2v) is 6.06. The lowest BCUT2D eigenvalue weighted by atomic mass is 10.1. The number of hydrogen-bond acceptors (Lipinski definition) is 5. The van der Waals surface area contributed by atoms with E-state index in [9.17, 15) is 9.90 Å². The van der Waals surface area contributed by atoms with Crippen LogP contribution in [0.4, 0.5) is 10.6 Å². The van der Waals surface area contributed by atoms with Crippen LogP contribution in [0.3, 0.4) is 0 Å². The summed E-state index contributed by atoms with van der Waals surface area (Å²) in [5, 5.41) is 22.2. The largest absolute Gasteiger partial charge is 0.465 e. The summed E-state index contributed by atoms with van der Waals surface area (Å²) in [5.74, 6) is 0.599. The summed E-state index contributed by atoms with van der Waals surface area (Å²) >= 11 is 6.15. The van der Waals surface area contributed by atoms with E-state index in [1.165, 1.54) is 4.90 Å². The molecule has 0 saturated carbocycles. The zero-order valence-electron chi connectivity index (χ0n) is 13.4. The van der Waals surface area contributed by atoms with Crippen molar-refractivity contribution >= 4 is 23.5 Å². The summed E-state index contributed by atoms with van der Waals surface area (Å²) in [6.07, 6.45) is 0.179. The van der Waals surface area contributed by atoms with Gasteiger partial charge in [0.2, 0.25) is 5.82 Å². The first-order valence-electron chi connectivity index (χ1n) is 7.83. The lowest BCUT2D eigenvalue weighted by Gasteiger charge is -2.27. The maximum absolute atomic E-state index is 11.2. The summed E-state index contributed by atoms with van der Waals surface area (Å²) in [4.78, 5) is 21.0. The minimum atomic E-state index is -0.975. The number of anilines is 1. The smallest absolute Gasteiger partial charge is 0.407 e. The van der Waals surface area contributed by atoms with Crippen molar-refractivity contribution in [3.8, 4) is 6.07 Å². The third-order valence-corrected chi connectivity index (χ3v) is 4.44. The number of rotatable bonds is 4. The molecule has 0 saturated heterocycles. The molecule has 0 aliphatic carbocycles. The number of nitrogens with zero attached hydrogens (tertiary/aromatic N) is 4. The molecule has 2 N–H and O–H groups in total. The highest BCUT2D eigenvalue weighted by molar-refractivity contribution is 6.31. The van der Waals surface area contributed by atoms with Crippen molar-refractivity contribution < 1.29 is 9.90 Å². The molecule has 2 heterocycles. The molecule has 1 amide bonds. The Labute approximate surface area is 149 Å². The molecule has 25 heavy (non-hydrogen) atoms. The van der Waals surface area contributed by atoms with Crippen molar-refractivity contribution in [2.24, 2.45) is 0 Å². The van der Waals surface area contributed by atoms with Gasteiger partial charge in [0.25, 0.3) is 0 Å². The van der Waals surface area contributed by atoms with Crippen molar-refractivity contribution in [1.82, 2.24) is 14.9 Å². The van der Waals surface area contributed by atoms with Gasteiger partial charge < -0.3 is 15.3 Å². The molecule has 2 aromatic rings. The van der Waals surface area contributed by atoms with E-state index in [1.54, 1.807) is 0 Å². The molecule has 0 fully saturated rings. The third-order valence-electron chi connectivity index (χ3n) is 4.08. The van der Waals surface area contributed by atoms with Crippen LogP contribution in [-0.2, 0) is 19.4 Å². The molecular formula is C17H16ClN5O2. The van der Waals surface area contributed by atoms with E-state index in [2.05, 4.69) is 15.3 Å². The second kappa shape index (κ2) is 7.36. The van der Waals surface area contributed by atoms with Crippen molar-refractivity contribution in [1.29, 1.82) is 5.26 Å². The SMILES string of the molecule is N#Cc1nc2c(c(NCCc3ccccc3Cl)n1)CN(C(=O)O)CC2. The van der Waals surface area contributed by atoms with E-state index in [0.717, 1.165) is 16.8 Å². The minimum absolute atomic E-state index is 0.0859. The van der Waals surface area contributed by atoms with Crippen LogP contribution in [0.5, 0.6) is 0 Å². The summed E-state index contributed by atoms with van der Waals surface area (Å²) in [5.41, 5.74) is 2.46. The Hall–Kier alpha value is -2.85. The number of benzene rings is 1. The van der Waals surface area contributed by atoms with Gasteiger partial charge in [-0.2, -0.15) is 5.26 Å². The molecular weight excluding hydrogens is 342 g/mol. The number of aromatic nitrogens is 2. The highest BCUT2D eigenvalue weighted by atomic mass is 35.5. The van der Waals surface area contributed by atoms with Gasteiger partial charge in [-0.15, -0.1) is 0 Å². The summed E-state index contributed by atoms with van der Waals surface area (Å²) < 4.78 is 0. The van der Waals surface area contributed by atoms with Gasteiger partial charge in [-0.25, -0.2) is 14.8 Å². The molecule has 0 bridgehead atoms. The number of nitrogens with one attached hydrogen (secondary N) is 1. The van der Waals surface area contributed by atoms with E-state index < -0.39 is 6.09 Å². The van der Waals surface area contributed by atoms with Gasteiger partial charge in [-0.05, 0) is 18.1 Å². The fraction of sp³-hybridized carbons (Fsp3) is 0.294. The molecule has 1 aromatic carbocycles. The Morgan fingerprint density at radius 2 is 2.20 bits per heavy atom. The van der Waals surface area contributed by atoms with Gasteiger partial charge in [0.1, 0.15) is 11.9 Å². The number of carboxylic acid groups (broad SMARTS) is 1. The Bertz CT molecular complexity index is 849. The lowest BCUT2D eigenvalue weighted by molar-refractivity contribution is 0.139. The van der Waals surface area contributed by atoms with Crippen LogP contribution >= 0.6 is 11.6 Å². The number of carbonyl (C=O) groups is 1. The number of hydrogen-bond donors (Lipinski definition) is 2. The average Bonchev–Trinajstić information content (AvgIpc) is 2.62. The predicted octanol–water partition coefficient (Wildman–Crippen LogP) is 2.69. The third kappa shape index (κ3) is 3.80. The lowest BCUT2D eigenvalue weighted by Crippen LogP contribution is -2.36. The molecule has 0 spiro atoms. The van der Waals surface area contributed by atoms with Crippen LogP contribution in [0.2, 0.25) is 5.02 Å². The number of amides is 1. The predicted molar refractivity (Wildman–Crippen MR) is 92.5 cm³/mol. The first-order valence-corrected chi connectivity index (χ1v) is 8.21. The minimum Gasteiger partial charge on any atom is -0.465 e. The van der Waals surface area contributed by atoms with Gasteiger partial charge in [0, 0.05) is 30.1 Å². The molecule has 0 unspecified atom stereocenters. The normalized spacial score (nSPS) is 13.0. The van der Waals surface area contributed by atoms with E-state index >= 15 is 0 Å². The van der Waals surface area contributed by atoms with Gasteiger partial charge in [-0.3, -0.25) is 0 Å². The number of halogens is 1. The van der Waals surface area contributed by atoms with Gasteiger partial charge in [0.05, 0.1) is 12.2 Å². The molecule has 1 aromatic heterocycles. The molecule has 8 heteroatoms. The van der Waals surface area contributed by atoms with Crippen molar-refractivity contribution in [3.63, 3.8) is 0 Å². The topological polar surface area (TPSA) is 102 Å². The molecule has 0 atom stereocenters. The zero-order chi connectivity index (χ0) is 17.8. The summed E-state index contributed by atoms with van der Waals surface area (Å²) in [6.45, 7) is 1.14. The number of nitriles is 1. The van der Waals surface area contributed by atoms with E-state index in [1.807, 2.05) is 30.3 Å². The quantitative estimate of drug-likeness (QED) is 0.872. The van der Waals surface area contributed by atoms with Crippen LogP contribution in [0.25, 0.3) is 0 Å². The maximum Gasteiger partial charge on any atom is 0.407 e. The highest BCUT2D eigenvalue weighted by Gasteiger charge is 2.25. The Kier molecular flexibility index (Phi) is 5.00. The maximum atomic E-state index is 11.2. The molecule has 7 nitrogen and oxygen atoms in total. The van der Waals surface area contributed by atoms with Gasteiger partial charge in [-0.1, -0.05) is 29.8 Å². The van der Waals surface area contributed by atoms with Crippen LogP contribution in [0, 0.1) is 11.3 Å². The van der Waals surface area contributed by atoms with Crippen LogP contribution in [-0.4, -0.2) is 39.2 Å². The van der Waals surface area contributed by atoms with E-state index in [0.29, 0.717) is 36.8 Å².